The monoisotopic (exact) mass is 264 g/mol. The lowest BCUT2D eigenvalue weighted by atomic mass is 9.85. The van der Waals surface area contributed by atoms with Gasteiger partial charge in [0.1, 0.15) is 0 Å². The summed E-state index contributed by atoms with van der Waals surface area (Å²) in [4.78, 5) is 2.54. The molecule has 0 saturated carbocycles. The summed E-state index contributed by atoms with van der Waals surface area (Å²) in [6.45, 7) is 13.4. The van der Waals surface area contributed by atoms with Crippen LogP contribution in [-0.4, -0.2) is 40.4 Å². The Labute approximate surface area is 117 Å². The van der Waals surface area contributed by atoms with Gasteiger partial charge in [0.15, 0.2) is 0 Å². The lowest BCUT2D eigenvalue weighted by Crippen LogP contribution is -2.55. The summed E-state index contributed by atoms with van der Waals surface area (Å²) in [6.07, 6.45) is 1.01. The molecule has 1 aliphatic heterocycles. The van der Waals surface area contributed by atoms with Crippen LogP contribution in [0.15, 0.2) is 6.07 Å². The molecule has 4 heteroatoms. The van der Waals surface area contributed by atoms with Crippen molar-refractivity contribution in [2.45, 2.75) is 46.7 Å². The maximum atomic E-state index is 4.54. The third-order valence-electron chi connectivity index (χ3n) is 4.08. The summed E-state index contributed by atoms with van der Waals surface area (Å²) >= 11 is 0. The SMILES string of the molecule is CCc1cc(CN2CCNC(C(C)(C)C)C2)n(C)n1. The van der Waals surface area contributed by atoms with Gasteiger partial charge in [-0.2, -0.15) is 5.10 Å². The molecular formula is C15H28N4. The Balaban J connectivity index is 2.00. The van der Waals surface area contributed by atoms with Gasteiger partial charge < -0.3 is 5.32 Å². The van der Waals surface area contributed by atoms with E-state index in [1.807, 2.05) is 4.68 Å². The van der Waals surface area contributed by atoms with Crippen LogP contribution in [0.4, 0.5) is 0 Å². The normalized spacial score (nSPS) is 21.8. The summed E-state index contributed by atoms with van der Waals surface area (Å²) in [5.74, 6) is 0. The summed E-state index contributed by atoms with van der Waals surface area (Å²) in [7, 11) is 2.05. The van der Waals surface area contributed by atoms with E-state index in [9.17, 15) is 0 Å². The molecule has 1 unspecified atom stereocenters. The van der Waals surface area contributed by atoms with E-state index >= 15 is 0 Å². The van der Waals surface area contributed by atoms with Gasteiger partial charge >= 0.3 is 0 Å². The topological polar surface area (TPSA) is 33.1 Å². The first-order chi connectivity index (χ1) is 8.90. The van der Waals surface area contributed by atoms with Crippen molar-refractivity contribution in [2.24, 2.45) is 12.5 Å². The van der Waals surface area contributed by atoms with Crippen molar-refractivity contribution in [3.8, 4) is 0 Å². The van der Waals surface area contributed by atoms with Crippen molar-refractivity contribution in [1.29, 1.82) is 0 Å². The van der Waals surface area contributed by atoms with Crippen LogP contribution in [0.2, 0.25) is 0 Å². The Morgan fingerprint density at radius 1 is 1.42 bits per heavy atom. The molecular weight excluding hydrogens is 236 g/mol. The number of hydrogen-bond acceptors (Lipinski definition) is 3. The highest BCUT2D eigenvalue weighted by molar-refractivity contribution is 5.10. The molecule has 0 bridgehead atoms. The second-order valence-electron chi connectivity index (χ2n) is 6.71. The molecule has 2 heterocycles. The molecule has 4 nitrogen and oxygen atoms in total. The number of aryl methyl sites for hydroxylation is 2. The van der Waals surface area contributed by atoms with Crippen LogP contribution in [0.3, 0.4) is 0 Å². The molecule has 0 aromatic carbocycles. The van der Waals surface area contributed by atoms with Crippen LogP contribution in [0.1, 0.15) is 39.1 Å². The highest BCUT2D eigenvalue weighted by Crippen LogP contribution is 2.22. The third kappa shape index (κ3) is 3.57. The molecule has 1 atom stereocenters. The molecule has 1 saturated heterocycles. The standard InChI is InChI=1S/C15H28N4/c1-6-12-9-13(18(5)17-12)10-19-8-7-16-14(11-19)15(2,3)4/h9,14,16H,6-8,10-11H2,1-5H3. The van der Waals surface area contributed by atoms with E-state index in [2.05, 4.69) is 56.1 Å². The first-order valence-corrected chi connectivity index (χ1v) is 7.37. The number of piperazine rings is 1. The van der Waals surface area contributed by atoms with Gasteiger partial charge in [0, 0.05) is 39.3 Å². The van der Waals surface area contributed by atoms with Crippen LogP contribution in [0, 0.1) is 5.41 Å². The third-order valence-corrected chi connectivity index (χ3v) is 4.08. The Morgan fingerprint density at radius 3 is 2.74 bits per heavy atom. The van der Waals surface area contributed by atoms with Crippen molar-refractivity contribution in [2.75, 3.05) is 19.6 Å². The van der Waals surface area contributed by atoms with E-state index < -0.39 is 0 Å². The lowest BCUT2D eigenvalue weighted by molar-refractivity contribution is 0.127. The molecule has 19 heavy (non-hydrogen) atoms. The van der Waals surface area contributed by atoms with E-state index in [1.54, 1.807) is 0 Å². The first kappa shape index (κ1) is 14.5. The second kappa shape index (κ2) is 5.63. The van der Waals surface area contributed by atoms with Crippen molar-refractivity contribution in [3.63, 3.8) is 0 Å². The van der Waals surface area contributed by atoms with Crippen molar-refractivity contribution < 1.29 is 0 Å². The second-order valence-corrected chi connectivity index (χ2v) is 6.71. The predicted octanol–water partition coefficient (Wildman–Crippen LogP) is 1.80. The molecule has 1 aliphatic rings. The zero-order valence-electron chi connectivity index (χ0n) is 13.0. The van der Waals surface area contributed by atoms with Crippen molar-refractivity contribution >= 4 is 0 Å². The summed E-state index contributed by atoms with van der Waals surface area (Å²) < 4.78 is 2.03. The summed E-state index contributed by atoms with van der Waals surface area (Å²) in [5, 5.41) is 8.18. The Morgan fingerprint density at radius 2 is 2.16 bits per heavy atom. The van der Waals surface area contributed by atoms with Crippen LogP contribution >= 0.6 is 0 Å². The van der Waals surface area contributed by atoms with Gasteiger partial charge in [-0.3, -0.25) is 9.58 Å². The molecule has 1 N–H and O–H groups in total. The maximum Gasteiger partial charge on any atom is 0.0625 e. The van der Waals surface area contributed by atoms with Gasteiger partial charge in [-0.15, -0.1) is 0 Å². The molecule has 0 spiro atoms. The predicted molar refractivity (Wildman–Crippen MR) is 79.1 cm³/mol. The number of hydrogen-bond donors (Lipinski definition) is 1. The Kier molecular flexibility index (Phi) is 4.31. The zero-order valence-corrected chi connectivity index (χ0v) is 13.0. The number of aromatic nitrogens is 2. The number of nitrogens with zero attached hydrogens (tertiary/aromatic N) is 3. The first-order valence-electron chi connectivity index (χ1n) is 7.37. The fourth-order valence-electron chi connectivity index (χ4n) is 2.66. The van der Waals surface area contributed by atoms with Gasteiger partial charge in [-0.05, 0) is 17.9 Å². The molecule has 0 amide bonds. The van der Waals surface area contributed by atoms with Crippen LogP contribution < -0.4 is 5.32 Å². The number of rotatable bonds is 3. The highest BCUT2D eigenvalue weighted by atomic mass is 15.3. The molecule has 0 aliphatic carbocycles. The lowest BCUT2D eigenvalue weighted by Gasteiger charge is -2.40. The van der Waals surface area contributed by atoms with E-state index in [0.29, 0.717) is 11.5 Å². The van der Waals surface area contributed by atoms with Gasteiger partial charge in [0.05, 0.1) is 11.4 Å². The maximum absolute atomic E-state index is 4.54. The van der Waals surface area contributed by atoms with Crippen molar-refractivity contribution in [3.05, 3.63) is 17.5 Å². The van der Waals surface area contributed by atoms with E-state index in [4.69, 9.17) is 0 Å². The average Bonchev–Trinajstić information content (AvgIpc) is 2.70. The molecule has 1 fully saturated rings. The minimum atomic E-state index is 0.319. The fourth-order valence-corrected chi connectivity index (χ4v) is 2.66. The zero-order chi connectivity index (χ0) is 14.0. The summed E-state index contributed by atoms with van der Waals surface area (Å²) in [6, 6.07) is 2.81. The molecule has 1 aromatic heterocycles. The van der Waals surface area contributed by atoms with Gasteiger partial charge in [0.25, 0.3) is 0 Å². The minimum absolute atomic E-state index is 0.319. The smallest absolute Gasteiger partial charge is 0.0625 e. The van der Waals surface area contributed by atoms with Crippen LogP contribution in [0.25, 0.3) is 0 Å². The Hall–Kier alpha value is -0.870. The molecule has 2 rings (SSSR count). The van der Waals surface area contributed by atoms with E-state index in [-0.39, 0.29) is 0 Å². The molecule has 108 valence electrons. The average molecular weight is 264 g/mol. The number of nitrogens with one attached hydrogen (secondary N) is 1. The summed E-state index contributed by atoms with van der Waals surface area (Å²) in [5.41, 5.74) is 2.84. The highest BCUT2D eigenvalue weighted by Gasteiger charge is 2.29. The largest absolute Gasteiger partial charge is 0.311 e. The van der Waals surface area contributed by atoms with Gasteiger partial charge in [0.2, 0.25) is 0 Å². The van der Waals surface area contributed by atoms with Gasteiger partial charge in [-0.25, -0.2) is 0 Å². The van der Waals surface area contributed by atoms with Crippen LogP contribution in [0.5, 0.6) is 0 Å². The fraction of sp³-hybridized carbons (Fsp3) is 0.800. The molecule has 1 aromatic rings. The van der Waals surface area contributed by atoms with E-state index in [1.165, 1.54) is 11.4 Å². The Bertz CT molecular complexity index is 416. The molecule has 0 radical (unpaired) electrons. The van der Waals surface area contributed by atoms with E-state index in [0.717, 1.165) is 32.6 Å². The quantitative estimate of drug-likeness (QED) is 0.904. The minimum Gasteiger partial charge on any atom is -0.311 e. The van der Waals surface area contributed by atoms with Gasteiger partial charge in [-0.1, -0.05) is 27.7 Å². The van der Waals surface area contributed by atoms with Crippen LogP contribution in [-0.2, 0) is 20.0 Å². The van der Waals surface area contributed by atoms with Crippen molar-refractivity contribution in [1.82, 2.24) is 20.0 Å².